The first-order chi connectivity index (χ1) is 8.69. The molecule has 3 rings (SSSR count). The van der Waals surface area contributed by atoms with Crippen molar-refractivity contribution >= 4 is 11.0 Å². The Morgan fingerprint density at radius 3 is 2.94 bits per heavy atom. The lowest BCUT2D eigenvalue weighted by Gasteiger charge is -2.10. The van der Waals surface area contributed by atoms with Crippen LogP contribution in [0.15, 0.2) is 45.6 Å². The van der Waals surface area contributed by atoms with Crippen LogP contribution in [0.3, 0.4) is 0 Å². The van der Waals surface area contributed by atoms with Gasteiger partial charge in [-0.15, -0.1) is 0 Å². The van der Waals surface area contributed by atoms with E-state index in [4.69, 9.17) is 14.3 Å². The number of rotatable bonds is 2. The Hall–Kier alpha value is -2.07. The van der Waals surface area contributed by atoms with E-state index in [9.17, 15) is 4.79 Å². The van der Waals surface area contributed by atoms with E-state index < -0.39 is 0 Å². The Bertz CT molecular complexity index is 684. The molecule has 0 saturated carbocycles. The molecule has 0 bridgehead atoms. The van der Waals surface area contributed by atoms with E-state index in [-0.39, 0.29) is 18.3 Å². The van der Waals surface area contributed by atoms with Crippen LogP contribution in [0.25, 0.3) is 11.0 Å². The summed E-state index contributed by atoms with van der Waals surface area (Å²) in [6.07, 6.45) is 0.319. The van der Waals surface area contributed by atoms with Crippen LogP contribution in [0.5, 0.6) is 5.75 Å². The third kappa shape index (κ3) is 1.62. The largest absolute Gasteiger partial charge is 0.485 e. The van der Waals surface area contributed by atoms with E-state index in [0.29, 0.717) is 23.3 Å². The van der Waals surface area contributed by atoms with E-state index in [1.807, 2.05) is 12.1 Å². The Morgan fingerprint density at radius 1 is 1.39 bits per heavy atom. The number of benzene rings is 1. The zero-order chi connectivity index (χ0) is 12.7. The zero-order valence-electron chi connectivity index (χ0n) is 9.68. The lowest BCUT2D eigenvalue weighted by molar-refractivity contribution is 0.234. The molecule has 1 N–H and O–H groups in total. The first-order valence-electron chi connectivity index (χ1n) is 5.70. The minimum Gasteiger partial charge on any atom is -0.485 e. The van der Waals surface area contributed by atoms with Gasteiger partial charge in [-0.3, -0.25) is 0 Å². The number of ether oxygens (including phenoxy) is 1. The van der Waals surface area contributed by atoms with Gasteiger partial charge in [0.15, 0.2) is 0 Å². The number of hydrogen-bond acceptors (Lipinski definition) is 4. The molecule has 0 amide bonds. The number of fused-ring (bicyclic) bond motifs is 3. The highest BCUT2D eigenvalue weighted by Crippen LogP contribution is 2.36. The summed E-state index contributed by atoms with van der Waals surface area (Å²) in [5.41, 5.74) is 1.68. The standard InChI is InChI=1S/C14H12O4/c1-8(7-15)12-6-10-11(17-12)4-2-9-3-5-13(16)18-14(9)10/h2-5,12,15H,1,6-7H2/t12-/m1/s1. The molecule has 0 fully saturated rings. The summed E-state index contributed by atoms with van der Waals surface area (Å²) < 4.78 is 10.9. The third-order valence-electron chi connectivity index (χ3n) is 3.17. The second-order valence-electron chi connectivity index (χ2n) is 4.34. The van der Waals surface area contributed by atoms with Crippen LogP contribution in [0.2, 0.25) is 0 Å². The van der Waals surface area contributed by atoms with Gasteiger partial charge in [0.2, 0.25) is 0 Å². The molecule has 0 spiro atoms. The zero-order valence-corrected chi connectivity index (χ0v) is 9.68. The predicted octanol–water partition coefficient (Wildman–Crippen LogP) is 1.64. The lowest BCUT2D eigenvalue weighted by Crippen LogP contribution is -2.17. The van der Waals surface area contributed by atoms with Gasteiger partial charge in [-0.2, -0.15) is 0 Å². The Labute approximate surface area is 103 Å². The average Bonchev–Trinajstić information content (AvgIpc) is 2.82. The first-order valence-corrected chi connectivity index (χ1v) is 5.70. The molecule has 4 nitrogen and oxygen atoms in total. The Kier molecular flexibility index (Phi) is 2.45. The summed E-state index contributed by atoms with van der Waals surface area (Å²) in [5, 5.41) is 9.95. The van der Waals surface area contributed by atoms with E-state index >= 15 is 0 Å². The molecule has 0 unspecified atom stereocenters. The molecular formula is C14H12O4. The Balaban J connectivity index is 2.13. The van der Waals surface area contributed by atoms with Gasteiger partial charge in [-0.05, 0) is 23.8 Å². The quantitative estimate of drug-likeness (QED) is 0.644. The molecule has 1 aromatic heterocycles. The van der Waals surface area contributed by atoms with Crippen molar-refractivity contribution in [2.45, 2.75) is 12.5 Å². The summed E-state index contributed by atoms with van der Waals surface area (Å²) in [6.45, 7) is 3.66. The van der Waals surface area contributed by atoms with Gasteiger partial charge in [0.1, 0.15) is 17.4 Å². The third-order valence-corrected chi connectivity index (χ3v) is 3.17. The van der Waals surface area contributed by atoms with Crippen LogP contribution >= 0.6 is 0 Å². The summed E-state index contributed by atoms with van der Waals surface area (Å²) in [7, 11) is 0. The van der Waals surface area contributed by atoms with Crippen molar-refractivity contribution in [1.82, 2.24) is 0 Å². The minimum atomic E-state index is -0.375. The predicted molar refractivity (Wildman–Crippen MR) is 66.8 cm³/mol. The summed E-state index contributed by atoms with van der Waals surface area (Å²) in [6, 6.07) is 6.83. The highest BCUT2D eigenvalue weighted by atomic mass is 16.5. The van der Waals surface area contributed by atoms with Gasteiger partial charge < -0.3 is 14.3 Å². The molecule has 1 aliphatic heterocycles. The molecule has 0 saturated heterocycles. The molecule has 2 aromatic rings. The van der Waals surface area contributed by atoms with E-state index in [0.717, 1.165) is 10.9 Å². The fourth-order valence-corrected chi connectivity index (χ4v) is 2.19. The van der Waals surface area contributed by atoms with Gasteiger partial charge in [-0.1, -0.05) is 6.58 Å². The van der Waals surface area contributed by atoms with Crippen LogP contribution in [-0.4, -0.2) is 17.8 Å². The normalized spacial score (nSPS) is 17.5. The monoisotopic (exact) mass is 244 g/mol. The van der Waals surface area contributed by atoms with Gasteiger partial charge in [0, 0.05) is 23.4 Å². The molecule has 0 radical (unpaired) electrons. The molecular weight excluding hydrogens is 232 g/mol. The van der Waals surface area contributed by atoms with Crippen LogP contribution < -0.4 is 10.4 Å². The van der Waals surface area contributed by atoms with Crippen LogP contribution in [0.4, 0.5) is 0 Å². The minimum absolute atomic E-state index is 0.111. The van der Waals surface area contributed by atoms with Crippen molar-refractivity contribution in [2.75, 3.05) is 6.61 Å². The van der Waals surface area contributed by atoms with Crippen molar-refractivity contribution in [1.29, 1.82) is 0 Å². The van der Waals surface area contributed by atoms with Crippen molar-refractivity contribution in [3.63, 3.8) is 0 Å². The second kappa shape index (κ2) is 3.99. The number of hydrogen-bond donors (Lipinski definition) is 1. The molecule has 18 heavy (non-hydrogen) atoms. The average molecular weight is 244 g/mol. The van der Waals surface area contributed by atoms with E-state index in [1.165, 1.54) is 6.07 Å². The maximum absolute atomic E-state index is 11.3. The first kappa shape index (κ1) is 11.0. The summed E-state index contributed by atoms with van der Waals surface area (Å²) in [5.74, 6) is 0.691. The van der Waals surface area contributed by atoms with Gasteiger partial charge >= 0.3 is 5.63 Å². The topological polar surface area (TPSA) is 59.7 Å². The molecule has 1 aliphatic rings. The SMILES string of the molecule is C=C(CO)[C@H]1Cc2c(ccc3ccc(=O)oc23)O1. The maximum atomic E-state index is 11.3. The van der Waals surface area contributed by atoms with Crippen molar-refractivity contribution in [2.24, 2.45) is 0 Å². The van der Waals surface area contributed by atoms with E-state index in [1.54, 1.807) is 6.07 Å². The van der Waals surface area contributed by atoms with Crippen LogP contribution in [0, 0.1) is 0 Å². The van der Waals surface area contributed by atoms with Gasteiger partial charge in [0.25, 0.3) is 0 Å². The van der Waals surface area contributed by atoms with Gasteiger partial charge in [0.05, 0.1) is 6.61 Å². The Morgan fingerprint density at radius 2 is 2.17 bits per heavy atom. The molecule has 0 aliphatic carbocycles. The smallest absolute Gasteiger partial charge is 0.336 e. The number of aliphatic hydroxyl groups excluding tert-OH is 1. The summed E-state index contributed by atoms with van der Waals surface area (Å²) in [4.78, 5) is 11.3. The lowest BCUT2D eigenvalue weighted by atomic mass is 10.0. The molecule has 1 aromatic carbocycles. The molecule has 1 atom stereocenters. The fourth-order valence-electron chi connectivity index (χ4n) is 2.19. The molecule has 92 valence electrons. The molecule has 2 heterocycles. The summed E-state index contributed by atoms with van der Waals surface area (Å²) >= 11 is 0. The fraction of sp³-hybridized carbons (Fsp3) is 0.214. The van der Waals surface area contributed by atoms with Crippen molar-refractivity contribution in [3.05, 3.63) is 52.4 Å². The second-order valence-corrected chi connectivity index (χ2v) is 4.34. The molecule has 4 heteroatoms. The maximum Gasteiger partial charge on any atom is 0.336 e. The van der Waals surface area contributed by atoms with Crippen molar-refractivity contribution < 1.29 is 14.3 Å². The highest BCUT2D eigenvalue weighted by Gasteiger charge is 2.27. The van der Waals surface area contributed by atoms with Crippen molar-refractivity contribution in [3.8, 4) is 5.75 Å². The van der Waals surface area contributed by atoms with Crippen LogP contribution in [-0.2, 0) is 6.42 Å². The van der Waals surface area contributed by atoms with Crippen LogP contribution in [0.1, 0.15) is 5.56 Å². The number of aliphatic hydroxyl groups is 1. The van der Waals surface area contributed by atoms with E-state index in [2.05, 4.69) is 6.58 Å². The highest BCUT2D eigenvalue weighted by molar-refractivity contribution is 5.82. The van der Waals surface area contributed by atoms with Gasteiger partial charge in [-0.25, -0.2) is 4.79 Å².